The average Bonchev–Trinajstić information content (AvgIpc) is 3.42. The third-order valence-corrected chi connectivity index (χ3v) is 5.59. The van der Waals surface area contributed by atoms with Crippen molar-refractivity contribution in [1.29, 1.82) is 0 Å². The molecule has 0 radical (unpaired) electrons. The van der Waals surface area contributed by atoms with Gasteiger partial charge in [-0.15, -0.1) is 11.3 Å². The van der Waals surface area contributed by atoms with E-state index in [2.05, 4.69) is 15.5 Å². The lowest BCUT2D eigenvalue weighted by Gasteiger charge is -2.26. The van der Waals surface area contributed by atoms with Crippen molar-refractivity contribution >= 4 is 28.3 Å². The monoisotopic (exact) mass is 407 g/mol. The third-order valence-electron chi connectivity index (χ3n) is 4.69. The van der Waals surface area contributed by atoms with Crippen LogP contribution in [0.3, 0.4) is 0 Å². The van der Waals surface area contributed by atoms with Crippen LogP contribution in [0.5, 0.6) is 11.5 Å². The molecular formula is C21H17N3O4S. The van der Waals surface area contributed by atoms with E-state index in [1.54, 1.807) is 24.3 Å². The van der Waals surface area contributed by atoms with E-state index in [4.69, 9.17) is 14.0 Å². The molecule has 1 aliphatic rings. The molecule has 1 atom stereocenters. The fraction of sp³-hybridized carbons (Fsp3) is 0.190. The van der Waals surface area contributed by atoms with Crippen molar-refractivity contribution in [2.24, 2.45) is 0 Å². The van der Waals surface area contributed by atoms with Crippen LogP contribution < -0.4 is 14.8 Å². The summed E-state index contributed by atoms with van der Waals surface area (Å²) in [6.07, 6.45) is -0.272. The van der Waals surface area contributed by atoms with Gasteiger partial charge in [-0.1, -0.05) is 23.4 Å². The largest absolute Gasteiger partial charge is 0.486 e. The number of hydrogen-bond acceptors (Lipinski definition) is 7. The molecule has 8 heteroatoms. The first kappa shape index (κ1) is 17.7. The van der Waals surface area contributed by atoms with Crippen LogP contribution in [0.15, 0.2) is 52.4 Å². The van der Waals surface area contributed by atoms with Gasteiger partial charge in [0.2, 0.25) is 0 Å². The van der Waals surface area contributed by atoms with Gasteiger partial charge < -0.3 is 19.3 Å². The smallest absolute Gasteiger partial charge is 0.259 e. The molecule has 7 nitrogen and oxygen atoms in total. The summed E-state index contributed by atoms with van der Waals surface area (Å²) in [6, 6.07) is 13.2. The zero-order valence-electron chi connectivity index (χ0n) is 15.5. The Bertz CT molecular complexity index is 1190. The number of thiophene rings is 1. The fourth-order valence-electron chi connectivity index (χ4n) is 3.29. The standard InChI is InChI=1S/C21H17N3O4S/c1-12-19-14(9-15(18-7-4-8-29-18)23-21(19)28-24-12)20(25)22-10-13-11-26-16-5-2-3-6-17(16)27-13/h2-9,13H,10-11H2,1H3,(H,22,25). The number of rotatable bonds is 4. The number of benzene rings is 1. The van der Waals surface area contributed by atoms with E-state index in [0.717, 1.165) is 4.88 Å². The van der Waals surface area contributed by atoms with Crippen molar-refractivity contribution in [3.8, 4) is 22.1 Å². The van der Waals surface area contributed by atoms with E-state index in [-0.39, 0.29) is 12.0 Å². The summed E-state index contributed by atoms with van der Waals surface area (Å²) in [5.74, 6) is 1.16. The Balaban J connectivity index is 1.39. The summed E-state index contributed by atoms with van der Waals surface area (Å²) in [5.41, 5.74) is 2.14. The van der Waals surface area contributed by atoms with Crippen LogP contribution in [0, 0.1) is 6.92 Å². The number of amides is 1. The minimum absolute atomic E-state index is 0.232. The molecule has 0 bridgehead atoms. The zero-order valence-corrected chi connectivity index (χ0v) is 16.4. The summed E-state index contributed by atoms with van der Waals surface area (Å²) >= 11 is 1.55. The normalized spacial score (nSPS) is 15.4. The lowest BCUT2D eigenvalue weighted by atomic mass is 10.1. The maximum Gasteiger partial charge on any atom is 0.259 e. The maximum atomic E-state index is 13.0. The molecule has 1 N–H and O–H groups in total. The van der Waals surface area contributed by atoms with Gasteiger partial charge in [0.15, 0.2) is 11.5 Å². The molecular weight excluding hydrogens is 390 g/mol. The molecule has 4 heterocycles. The summed E-state index contributed by atoms with van der Waals surface area (Å²) in [4.78, 5) is 18.5. The molecule has 0 saturated carbocycles. The predicted octanol–water partition coefficient (Wildman–Crippen LogP) is 3.83. The Morgan fingerprint density at radius 1 is 1.24 bits per heavy atom. The number of hydrogen-bond donors (Lipinski definition) is 1. The first-order valence-electron chi connectivity index (χ1n) is 9.16. The van der Waals surface area contributed by atoms with Crippen molar-refractivity contribution in [2.45, 2.75) is 13.0 Å². The Morgan fingerprint density at radius 3 is 2.93 bits per heavy atom. The first-order chi connectivity index (χ1) is 14.2. The second-order valence-corrected chi connectivity index (χ2v) is 7.64. The number of para-hydroxylation sites is 2. The highest BCUT2D eigenvalue weighted by Crippen LogP contribution is 2.31. The number of carbonyl (C=O) groups is 1. The highest BCUT2D eigenvalue weighted by molar-refractivity contribution is 7.13. The Labute approximate surface area is 170 Å². The topological polar surface area (TPSA) is 86.5 Å². The summed E-state index contributed by atoms with van der Waals surface area (Å²) in [5, 5.41) is 9.50. The minimum atomic E-state index is -0.272. The fourth-order valence-corrected chi connectivity index (χ4v) is 3.98. The van der Waals surface area contributed by atoms with Crippen molar-refractivity contribution < 1.29 is 18.8 Å². The average molecular weight is 407 g/mol. The van der Waals surface area contributed by atoms with E-state index in [9.17, 15) is 4.79 Å². The van der Waals surface area contributed by atoms with Gasteiger partial charge in [-0.2, -0.15) is 0 Å². The van der Waals surface area contributed by atoms with Gasteiger partial charge in [-0.3, -0.25) is 4.79 Å². The van der Waals surface area contributed by atoms with Crippen LogP contribution in [0.2, 0.25) is 0 Å². The van der Waals surface area contributed by atoms with Crippen LogP contribution in [-0.4, -0.2) is 35.3 Å². The summed E-state index contributed by atoms with van der Waals surface area (Å²) < 4.78 is 17.0. The maximum absolute atomic E-state index is 13.0. The van der Waals surface area contributed by atoms with Crippen molar-refractivity contribution in [3.63, 3.8) is 0 Å². The molecule has 1 amide bonds. The first-order valence-corrected chi connectivity index (χ1v) is 10.0. The molecule has 4 aromatic rings. The van der Waals surface area contributed by atoms with E-state index < -0.39 is 0 Å². The summed E-state index contributed by atoms with van der Waals surface area (Å²) in [6.45, 7) is 2.48. The molecule has 5 rings (SSSR count). The van der Waals surface area contributed by atoms with Crippen molar-refractivity contribution in [2.75, 3.05) is 13.2 Å². The molecule has 1 unspecified atom stereocenters. The van der Waals surface area contributed by atoms with Crippen LogP contribution in [0.1, 0.15) is 16.1 Å². The molecule has 0 saturated heterocycles. The lowest BCUT2D eigenvalue weighted by Crippen LogP contribution is -2.40. The molecule has 0 fully saturated rings. The number of ether oxygens (including phenoxy) is 2. The van der Waals surface area contributed by atoms with Gasteiger partial charge in [-0.05, 0) is 36.6 Å². The quantitative estimate of drug-likeness (QED) is 0.553. The highest BCUT2D eigenvalue weighted by Gasteiger charge is 2.23. The van der Waals surface area contributed by atoms with Gasteiger partial charge in [-0.25, -0.2) is 4.98 Å². The molecule has 0 spiro atoms. The Kier molecular flexibility index (Phi) is 4.40. The lowest BCUT2D eigenvalue weighted by molar-refractivity contribution is 0.0790. The number of pyridine rings is 1. The van der Waals surface area contributed by atoms with Crippen LogP contribution in [0.4, 0.5) is 0 Å². The van der Waals surface area contributed by atoms with E-state index in [0.29, 0.717) is 52.7 Å². The molecule has 1 aromatic carbocycles. The second kappa shape index (κ2) is 7.21. The van der Waals surface area contributed by atoms with Crippen LogP contribution >= 0.6 is 11.3 Å². The number of nitrogens with zero attached hydrogens (tertiary/aromatic N) is 2. The third kappa shape index (κ3) is 3.31. The van der Waals surface area contributed by atoms with Gasteiger partial charge in [0.1, 0.15) is 12.7 Å². The van der Waals surface area contributed by atoms with Crippen molar-refractivity contribution in [3.05, 3.63) is 59.1 Å². The van der Waals surface area contributed by atoms with E-state index >= 15 is 0 Å². The summed E-state index contributed by atoms with van der Waals surface area (Å²) in [7, 11) is 0. The predicted molar refractivity (Wildman–Crippen MR) is 109 cm³/mol. The number of aromatic nitrogens is 2. The van der Waals surface area contributed by atoms with Gasteiger partial charge in [0.25, 0.3) is 11.6 Å². The zero-order chi connectivity index (χ0) is 19.8. The number of carbonyl (C=O) groups excluding carboxylic acids is 1. The van der Waals surface area contributed by atoms with Gasteiger partial charge in [0.05, 0.1) is 33.8 Å². The SMILES string of the molecule is Cc1noc2nc(-c3cccs3)cc(C(=O)NCC3COc4ccccc4O3)c12. The molecule has 3 aromatic heterocycles. The molecule has 29 heavy (non-hydrogen) atoms. The molecule has 0 aliphatic carbocycles. The van der Waals surface area contributed by atoms with Gasteiger partial charge in [0, 0.05) is 0 Å². The minimum Gasteiger partial charge on any atom is -0.486 e. The second-order valence-electron chi connectivity index (χ2n) is 6.69. The molecule has 146 valence electrons. The van der Waals surface area contributed by atoms with Crippen molar-refractivity contribution in [1.82, 2.24) is 15.5 Å². The number of aryl methyl sites for hydroxylation is 1. The number of nitrogens with one attached hydrogen (secondary N) is 1. The highest BCUT2D eigenvalue weighted by atomic mass is 32.1. The van der Waals surface area contributed by atoms with E-state index in [1.165, 1.54) is 0 Å². The Morgan fingerprint density at radius 2 is 2.10 bits per heavy atom. The number of fused-ring (bicyclic) bond motifs is 2. The molecule has 1 aliphatic heterocycles. The van der Waals surface area contributed by atoms with Crippen LogP contribution in [0.25, 0.3) is 21.7 Å². The van der Waals surface area contributed by atoms with Crippen LogP contribution in [-0.2, 0) is 0 Å². The Hall–Kier alpha value is -3.39. The van der Waals surface area contributed by atoms with Gasteiger partial charge >= 0.3 is 0 Å². The van der Waals surface area contributed by atoms with E-state index in [1.807, 2.05) is 41.8 Å².